The Hall–Kier alpha value is -3.11. The first-order chi connectivity index (χ1) is 18.0. The highest BCUT2D eigenvalue weighted by Gasteiger charge is 2.34. The molecule has 2 aromatic carbocycles. The van der Waals surface area contributed by atoms with Gasteiger partial charge in [-0.3, -0.25) is 9.59 Å². The van der Waals surface area contributed by atoms with Crippen molar-refractivity contribution in [1.82, 2.24) is 14.5 Å². The molecule has 0 heterocycles. The Morgan fingerprint density at radius 3 is 2.24 bits per heavy atom. The summed E-state index contributed by atoms with van der Waals surface area (Å²) < 4.78 is 34.3. The summed E-state index contributed by atoms with van der Waals surface area (Å²) in [6.07, 6.45) is 2.14. The van der Waals surface area contributed by atoms with Crippen LogP contribution < -0.4 is 14.4 Å². The van der Waals surface area contributed by atoms with Crippen LogP contribution in [-0.2, 0) is 26.3 Å². The van der Waals surface area contributed by atoms with Crippen LogP contribution in [0.4, 0.5) is 5.69 Å². The van der Waals surface area contributed by atoms with Gasteiger partial charge in [0.1, 0.15) is 18.3 Å². The molecular weight excluding hydrogens is 504 g/mol. The van der Waals surface area contributed by atoms with Gasteiger partial charge >= 0.3 is 10.2 Å². The number of nitrogens with zero attached hydrogens (tertiary/aromatic N) is 3. The lowest BCUT2D eigenvalue weighted by atomic mass is 10.1. The molecular formula is C28H42N4O5S. The highest BCUT2D eigenvalue weighted by molar-refractivity contribution is 7.90. The van der Waals surface area contributed by atoms with E-state index in [4.69, 9.17) is 4.74 Å². The van der Waals surface area contributed by atoms with Crippen LogP contribution in [0.1, 0.15) is 49.8 Å². The average molecular weight is 547 g/mol. The molecule has 0 aromatic heterocycles. The van der Waals surface area contributed by atoms with Gasteiger partial charge in [-0.05, 0) is 61.6 Å². The van der Waals surface area contributed by atoms with Crippen molar-refractivity contribution in [3.63, 3.8) is 0 Å². The summed E-state index contributed by atoms with van der Waals surface area (Å²) in [4.78, 5) is 28.6. The molecule has 10 heteroatoms. The van der Waals surface area contributed by atoms with Crippen LogP contribution in [0.5, 0.6) is 5.75 Å². The van der Waals surface area contributed by atoms with Gasteiger partial charge in [-0.15, -0.1) is 0 Å². The van der Waals surface area contributed by atoms with Crippen molar-refractivity contribution in [2.45, 2.75) is 59.5 Å². The highest BCUT2D eigenvalue weighted by Crippen LogP contribution is 2.26. The number of hydrogen-bond acceptors (Lipinski definition) is 5. The zero-order chi connectivity index (χ0) is 28.5. The predicted molar refractivity (Wildman–Crippen MR) is 151 cm³/mol. The molecule has 0 spiro atoms. The molecule has 2 aromatic rings. The molecule has 9 nitrogen and oxygen atoms in total. The van der Waals surface area contributed by atoms with Gasteiger partial charge in [0.15, 0.2) is 0 Å². The topological polar surface area (TPSA) is 99.3 Å². The zero-order valence-corrected chi connectivity index (χ0v) is 24.5. The van der Waals surface area contributed by atoms with E-state index in [-0.39, 0.29) is 12.5 Å². The van der Waals surface area contributed by atoms with E-state index in [1.54, 1.807) is 25.3 Å². The molecule has 0 aliphatic rings. The van der Waals surface area contributed by atoms with Crippen molar-refractivity contribution in [2.24, 2.45) is 0 Å². The van der Waals surface area contributed by atoms with Crippen LogP contribution >= 0.6 is 0 Å². The smallest absolute Gasteiger partial charge is 0.304 e. The Bertz CT molecular complexity index is 1180. The fourth-order valence-corrected chi connectivity index (χ4v) is 5.16. The molecule has 2 amide bonds. The monoisotopic (exact) mass is 546 g/mol. The normalized spacial score (nSPS) is 12.2. The van der Waals surface area contributed by atoms with Crippen molar-refractivity contribution in [2.75, 3.05) is 38.6 Å². The SMILES string of the molecule is CCCCNC(=O)[C@H](CC)N(Cc1ccc(OC)cc1)C(=O)CN(c1cc(C)ccc1C)S(=O)(=O)N(C)C. The van der Waals surface area contributed by atoms with E-state index < -0.39 is 28.7 Å². The van der Waals surface area contributed by atoms with Gasteiger partial charge in [-0.2, -0.15) is 12.7 Å². The van der Waals surface area contributed by atoms with Crippen molar-refractivity contribution in [1.29, 1.82) is 0 Å². The Morgan fingerprint density at radius 2 is 1.68 bits per heavy atom. The largest absolute Gasteiger partial charge is 0.497 e. The van der Waals surface area contributed by atoms with Gasteiger partial charge in [-0.1, -0.05) is 44.5 Å². The van der Waals surface area contributed by atoms with Gasteiger partial charge in [0.2, 0.25) is 11.8 Å². The number of unbranched alkanes of at least 4 members (excludes halogenated alkanes) is 1. The third-order valence-electron chi connectivity index (χ3n) is 6.38. The number of amides is 2. The fourth-order valence-electron chi connectivity index (χ4n) is 4.04. The maximum absolute atomic E-state index is 14.0. The Balaban J connectivity index is 2.51. The van der Waals surface area contributed by atoms with E-state index in [0.717, 1.165) is 38.1 Å². The number of carbonyl (C=O) groups excluding carboxylic acids is 2. The van der Waals surface area contributed by atoms with Crippen LogP contribution in [0.25, 0.3) is 0 Å². The van der Waals surface area contributed by atoms with Crippen LogP contribution in [0.2, 0.25) is 0 Å². The lowest BCUT2D eigenvalue weighted by molar-refractivity contribution is -0.140. The highest BCUT2D eigenvalue weighted by atomic mass is 32.2. The van der Waals surface area contributed by atoms with Crippen molar-refractivity contribution in [3.05, 3.63) is 59.2 Å². The number of ether oxygens (including phenoxy) is 1. The number of benzene rings is 2. The first kappa shape index (κ1) is 31.1. The van der Waals surface area contributed by atoms with Crippen LogP contribution in [0.15, 0.2) is 42.5 Å². The summed E-state index contributed by atoms with van der Waals surface area (Å²) in [6, 6.07) is 12.0. The van der Waals surface area contributed by atoms with E-state index in [1.165, 1.54) is 19.0 Å². The maximum atomic E-state index is 14.0. The standard InChI is InChI=1S/C28H42N4O5S/c1-8-10-17-29-28(34)25(9-2)31(19-23-13-15-24(37-7)16-14-23)27(33)20-32(38(35,36)30(5)6)26-18-21(3)11-12-22(26)4/h11-16,18,25H,8-10,17,19-20H2,1-7H3,(H,29,34)/t25-/m0/s1. The first-order valence-corrected chi connectivity index (χ1v) is 14.3. The van der Waals surface area contributed by atoms with E-state index in [0.29, 0.717) is 24.4 Å². The maximum Gasteiger partial charge on any atom is 0.304 e. The number of hydrogen-bond donors (Lipinski definition) is 1. The summed E-state index contributed by atoms with van der Waals surface area (Å²) in [7, 11) is 0.432. The molecule has 0 radical (unpaired) electrons. The van der Waals surface area contributed by atoms with E-state index in [2.05, 4.69) is 5.32 Å². The number of nitrogens with one attached hydrogen (secondary N) is 1. The third kappa shape index (κ3) is 7.94. The minimum Gasteiger partial charge on any atom is -0.497 e. The van der Waals surface area contributed by atoms with Crippen LogP contribution in [-0.4, -0.2) is 69.8 Å². The molecule has 0 aliphatic heterocycles. The van der Waals surface area contributed by atoms with Crippen LogP contribution in [0.3, 0.4) is 0 Å². The summed E-state index contributed by atoms with van der Waals surface area (Å²) in [5.41, 5.74) is 2.82. The van der Waals surface area contributed by atoms with Crippen molar-refractivity contribution in [3.8, 4) is 5.75 Å². The fraction of sp³-hybridized carbons (Fsp3) is 0.500. The Kier molecular flexibility index (Phi) is 11.6. The average Bonchev–Trinajstić information content (AvgIpc) is 2.88. The van der Waals surface area contributed by atoms with Gasteiger partial charge < -0.3 is 15.0 Å². The number of methoxy groups -OCH3 is 1. The van der Waals surface area contributed by atoms with Crippen LogP contribution in [0, 0.1) is 13.8 Å². The molecule has 38 heavy (non-hydrogen) atoms. The van der Waals surface area contributed by atoms with E-state index in [9.17, 15) is 18.0 Å². The number of carbonyl (C=O) groups is 2. The molecule has 0 bridgehead atoms. The lowest BCUT2D eigenvalue weighted by Crippen LogP contribution is -2.53. The van der Waals surface area contributed by atoms with Gasteiger partial charge in [-0.25, -0.2) is 4.31 Å². The predicted octanol–water partition coefficient (Wildman–Crippen LogP) is 3.65. The molecule has 0 fully saturated rings. The Morgan fingerprint density at radius 1 is 1.03 bits per heavy atom. The molecule has 1 atom stereocenters. The van der Waals surface area contributed by atoms with E-state index in [1.807, 2.05) is 52.0 Å². The second kappa shape index (κ2) is 14.2. The Labute approximate surface area is 227 Å². The molecule has 1 N–H and O–H groups in total. The summed E-state index contributed by atoms with van der Waals surface area (Å²) >= 11 is 0. The molecule has 210 valence electrons. The molecule has 0 saturated carbocycles. The quantitative estimate of drug-likeness (QED) is 0.365. The molecule has 0 aliphatic carbocycles. The number of rotatable bonds is 14. The minimum atomic E-state index is -4.01. The lowest BCUT2D eigenvalue weighted by Gasteiger charge is -2.34. The third-order valence-corrected chi connectivity index (χ3v) is 8.19. The second-order valence-corrected chi connectivity index (χ2v) is 11.6. The number of aryl methyl sites for hydroxylation is 2. The van der Waals surface area contributed by atoms with Gasteiger partial charge in [0.05, 0.1) is 12.8 Å². The zero-order valence-electron chi connectivity index (χ0n) is 23.7. The number of anilines is 1. The van der Waals surface area contributed by atoms with Gasteiger partial charge in [0.25, 0.3) is 0 Å². The minimum absolute atomic E-state index is 0.144. The van der Waals surface area contributed by atoms with Crippen molar-refractivity contribution < 1.29 is 22.7 Å². The molecule has 2 rings (SSSR count). The summed E-state index contributed by atoms with van der Waals surface area (Å²) in [6.45, 7) is 7.77. The molecule has 0 unspecified atom stereocenters. The first-order valence-electron chi connectivity index (χ1n) is 12.9. The summed E-state index contributed by atoms with van der Waals surface area (Å²) in [5, 5.41) is 2.93. The van der Waals surface area contributed by atoms with Gasteiger partial charge in [0, 0.05) is 27.2 Å². The second-order valence-electron chi connectivity index (χ2n) is 9.53. The van der Waals surface area contributed by atoms with Crippen molar-refractivity contribution >= 4 is 27.7 Å². The summed E-state index contributed by atoms with van der Waals surface area (Å²) in [5.74, 6) is -0.0460. The van der Waals surface area contributed by atoms with E-state index >= 15 is 0 Å². The molecule has 0 saturated heterocycles.